The lowest BCUT2D eigenvalue weighted by atomic mass is 9.89. The Kier molecular flexibility index (Phi) is 25.8. The van der Waals surface area contributed by atoms with Gasteiger partial charge < -0.3 is 9.84 Å². The van der Waals surface area contributed by atoms with E-state index in [0.29, 0.717) is 5.41 Å². The van der Waals surface area contributed by atoms with Gasteiger partial charge in [0.15, 0.2) is 0 Å². The molecule has 57 heavy (non-hydrogen) atoms. The molecule has 0 aliphatic rings. The summed E-state index contributed by atoms with van der Waals surface area (Å²) in [5, 5.41) is 8.40. The number of hydrogen-bond acceptors (Lipinski definition) is 10. The standard InChI is InChI=1S/3C9H14N2.C8H12N2.C6H14O.C5H12O.CH4/c1-7-10-5-8(6-11-7)9(2,3)4;1-7-5-11-8(6-10-7)9(2,3)4;1-7-5-10-8(11-6-7)9(2,3)4;1-8(2,3)7-6-9-4-5-10-7;1-6(2,3)5-7-4;1-5(2,3)4-6;/h3*5-6H,1-4H3;4-6H,1-3H3;5H2,1-4H3;6H,4H2,1-3H3;1H4. The lowest BCUT2D eigenvalue weighted by Crippen LogP contribution is -2.15. The van der Waals surface area contributed by atoms with Crippen LogP contribution in [0.15, 0.2) is 55.8 Å². The van der Waals surface area contributed by atoms with Crippen LogP contribution in [0.5, 0.6) is 0 Å². The normalized spacial score (nSPS) is 11.5. The average Bonchev–Trinajstić information content (AvgIpc) is 3.05. The third-order valence-corrected chi connectivity index (χ3v) is 7.03. The van der Waals surface area contributed by atoms with Crippen LogP contribution in [-0.2, 0) is 26.4 Å². The minimum atomic E-state index is 0. The number of aliphatic hydroxyl groups is 1. The Bertz CT molecular complexity index is 1440. The Hall–Kier alpha value is -3.76. The number of aryl methyl sites for hydroxylation is 3. The van der Waals surface area contributed by atoms with Crippen LogP contribution >= 0.6 is 0 Å². The zero-order chi connectivity index (χ0) is 44.2. The number of rotatable bonds is 1. The topological polar surface area (TPSA) is 133 Å². The first-order chi connectivity index (χ1) is 25.2. The summed E-state index contributed by atoms with van der Waals surface area (Å²) in [7, 11) is 1.73. The van der Waals surface area contributed by atoms with Gasteiger partial charge in [-0.25, -0.2) is 19.9 Å². The van der Waals surface area contributed by atoms with Crippen molar-refractivity contribution in [3.8, 4) is 0 Å². The maximum Gasteiger partial charge on any atom is 0.133 e. The molecule has 0 atom stereocenters. The van der Waals surface area contributed by atoms with Crippen molar-refractivity contribution in [1.82, 2.24) is 39.9 Å². The highest BCUT2D eigenvalue weighted by Gasteiger charge is 2.17. The molecule has 1 N–H and O–H groups in total. The van der Waals surface area contributed by atoms with Gasteiger partial charge >= 0.3 is 0 Å². The summed E-state index contributed by atoms with van der Waals surface area (Å²) < 4.78 is 4.91. The van der Waals surface area contributed by atoms with Crippen molar-refractivity contribution in [1.29, 1.82) is 0 Å². The highest BCUT2D eigenvalue weighted by molar-refractivity contribution is 5.15. The monoisotopic (exact) mass is 793 g/mol. The second-order valence-corrected chi connectivity index (χ2v) is 20.4. The summed E-state index contributed by atoms with van der Waals surface area (Å²) in [4.78, 5) is 33.4. The largest absolute Gasteiger partial charge is 0.396 e. The van der Waals surface area contributed by atoms with Crippen molar-refractivity contribution in [2.75, 3.05) is 20.3 Å². The zero-order valence-corrected chi connectivity index (χ0v) is 39.5. The predicted octanol–water partition coefficient (Wildman–Crippen LogP) is 11.4. The van der Waals surface area contributed by atoms with Crippen molar-refractivity contribution in [3.05, 3.63) is 95.6 Å². The fraction of sp³-hybridized carbons (Fsp3) is 0.660. The van der Waals surface area contributed by atoms with E-state index in [9.17, 15) is 0 Å². The Labute approximate surface area is 350 Å². The van der Waals surface area contributed by atoms with Gasteiger partial charge in [-0.05, 0) is 48.1 Å². The summed E-state index contributed by atoms with van der Waals surface area (Å²) in [6.07, 6.45) is 16.4. The fourth-order valence-corrected chi connectivity index (χ4v) is 3.46. The molecule has 0 aliphatic heterocycles. The number of ether oxygens (including phenoxy) is 1. The van der Waals surface area contributed by atoms with E-state index in [0.717, 1.165) is 40.9 Å². The first-order valence-corrected chi connectivity index (χ1v) is 19.5. The van der Waals surface area contributed by atoms with Crippen LogP contribution < -0.4 is 0 Å². The van der Waals surface area contributed by atoms with E-state index < -0.39 is 0 Å². The lowest BCUT2D eigenvalue weighted by Gasteiger charge is -2.17. The Morgan fingerprint density at radius 2 is 0.947 bits per heavy atom. The molecule has 4 heterocycles. The zero-order valence-electron chi connectivity index (χ0n) is 39.5. The number of aliphatic hydroxyl groups excluding tert-OH is 1. The van der Waals surface area contributed by atoms with Gasteiger partial charge in [-0.3, -0.25) is 19.9 Å². The summed E-state index contributed by atoms with van der Waals surface area (Å²) in [6, 6.07) is 0. The van der Waals surface area contributed by atoms with Gasteiger partial charge in [0.1, 0.15) is 11.6 Å². The number of nitrogens with zero attached hydrogens (tertiary/aromatic N) is 8. The van der Waals surface area contributed by atoms with Crippen molar-refractivity contribution in [2.45, 2.75) is 174 Å². The Morgan fingerprint density at radius 3 is 1.21 bits per heavy atom. The molecule has 0 aliphatic carbocycles. The molecule has 0 amide bonds. The van der Waals surface area contributed by atoms with Crippen LogP contribution in [0.4, 0.5) is 0 Å². The van der Waals surface area contributed by atoms with Gasteiger partial charge in [0.05, 0.1) is 23.7 Å². The molecule has 10 heteroatoms. The van der Waals surface area contributed by atoms with Crippen LogP contribution in [0.1, 0.15) is 172 Å². The third kappa shape index (κ3) is 31.0. The highest BCUT2D eigenvalue weighted by Crippen LogP contribution is 2.21. The number of hydrogen-bond donors (Lipinski definition) is 1. The first-order valence-electron chi connectivity index (χ1n) is 19.5. The summed E-state index contributed by atoms with van der Waals surface area (Å²) in [5.74, 6) is 1.74. The minimum absolute atomic E-state index is 0. The Balaban J connectivity index is -0.000000620. The summed E-state index contributed by atoms with van der Waals surface area (Å²) in [5.41, 5.74) is 6.22. The average molecular weight is 793 g/mol. The Morgan fingerprint density at radius 1 is 0.491 bits per heavy atom. The quantitative estimate of drug-likeness (QED) is 0.199. The van der Waals surface area contributed by atoms with Gasteiger partial charge in [0.2, 0.25) is 0 Å². The van der Waals surface area contributed by atoms with Crippen LogP contribution in [-0.4, -0.2) is 65.3 Å². The maximum absolute atomic E-state index is 8.40. The van der Waals surface area contributed by atoms with Crippen LogP contribution in [0.25, 0.3) is 0 Å². The van der Waals surface area contributed by atoms with Gasteiger partial charge in [0.25, 0.3) is 0 Å². The van der Waals surface area contributed by atoms with E-state index in [2.05, 4.69) is 144 Å². The van der Waals surface area contributed by atoms with E-state index in [4.69, 9.17) is 9.84 Å². The molecule has 4 aromatic heterocycles. The predicted molar refractivity (Wildman–Crippen MR) is 242 cm³/mol. The van der Waals surface area contributed by atoms with Crippen molar-refractivity contribution >= 4 is 0 Å². The highest BCUT2D eigenvalue weighted by atomic mass is 16.5. The SMILES string of the molecule is C.CC(C)(C)CO.CC(C)(C)c1cnccn1.COCC(C)(C)C.Cc1cnc(C(C)(C)C)cn1.Cc1cnc(C(C)(C)C)nc1.Cc1ncc(C(C)(C)C)cn1. The molecule has 324 valence electrons. The van der Waals surface area contributed by atoms with Gasteiger partial charge in [-0.1, -0.05) is 132 Å². The molecule has 0 saturated carbocycles. The molecule has 0 fully saturated rings. The van der Waals surface area contributed by atoms with Crippen molar-refractivity contribution in [3.63, 3.8) is 0 Å². The van der Waals surface area contributed by atoms with Crippen LogP contribution in [0, 0.1) is 31.6 Å². The molecule has 0 saturated heterocycles. The van der Waals surface area contributed by atoms with Gasteiger partial charge in [0, 0.05) is 85.7 Å². The molecule has 4 rings (SSSR count). The number of aromatic nitrogens is 8. The van der Waals surface area contributed by atoms with E-state index >= 15 is 0 Å². The van der Waals surface area contributed by atoms with Gasteiger partial charge in [-0.2, -0.15) is 0 Å². The maximum atomic E-state index is 8.40. The molecule has 0 radical (unpaired) electrons. The van der Waals surface area contributed by atoms with E-state index in [1.165, 1.54) is 5.56 Å². The van der Waals surface area contributed by atoms with Gasteiger partial charge in [-0.15, -0.1) is 0 Å². The molecule has 0 aromatic carbocycles. The molecule has 0 unspecified atom stereocenters. The van der Waals surface area contributed by atoms with E-state index in [1.54, 1.807) is 31.9 Å². The molecule has 10 nitrogen and oxygen atoms in total. The third-order valence-electron chi connectivity index (χ3n) is 7.03. The summed E-state index contributed by atoms with van der Waals surface area (Å²) in [6.45, 7) is 44.9. The first kappa shape index (κ1) is 57.6. The van der Waals surface area contributed by atoms with Crippen molar-refractivity contribution in [2.24, 2.45) is 10.8 Å². The molecular formula is C47H84N8O2. The van der Waals surface area contributed by atoms with Crippen LogP contribution in [0.3, 0.4) is 0 Å². The smallest absolute Gasteiger partial charge is 0.133 e. The molecule has 0 bridgehead atoms. The van der Waals surface area contributed by atoms with E-state index in [1.807, 2.05) is 72.5 Å². The second kappa shape index (κ2) is 25.6. The minimum Gasteiger partial charge on any atom is -0.396 e. The van der Waals surface area contributed by atoms with E-state index in [-0.39, 0.29) is 41.1 Å². The summed E-state index contributed by atoms with van der Waals surface area (Å²) >= 11 is 0. The number of methoxy groups -OCH3 is 1. The van der Waals surface area contributed by atoms with Crippen LogP contribution in [0.2, 0.25) is 0 Å². The van der Waals surface area contributed by atoms with Crippen molar-refractivity contribution < 1.29 is 9.84 Å². The second-order valence-electron chi connectivity index (χ2n) is 20.4. The fourth-order valence-electron chi connectivity index (χ4n) is 3.46. The lowest BCUT2D eigenvalue weighted by molar-refractivity contribution is 0.116. The molecule has 4 aromatic rings. The molecule has 0 spiro atoms. The molecular weight excluding hydrogens is 709 g/mol.